The molecule has 0 atom stereocenters. The first-order chi connectivity index (χ1) is 16.4. The van der Waals surface area contributed by atoms with E-state index in [9.17, 15) is 18.0 Å². The van der Waals surface area contributed by atoms with Crippen molar-refractivity contribution in [3.05, 3.63) is 53.1 Å². The summed E-state index contributed by atoms with van der Waals surface area (Å²) in [6.07, 6.45) is -1.76. The maximum Gasteiger partial charge on any atom is 0.424 e. The molecule has 0 saturated heterocycles. The fraction of sp³-hybridized carbons (Fsp3) is 0.481. The molecule has 200 valence electrons. The number of ether oxygens (including phenoxy) is 2. The minimum absolute atomic E-state index is 0.202. The summed E-state index contributed by atoms with van der Waals surface area (Å²) in [5, 5.41) is 0. The van der Waals surface area contributed by atoms with Crippen molar-refractivity contribution in [3.8, 4) is 0 Å². The molecule has 2 rings (SSSR count). The number of anilines is 1. The lowest BCUT2D eigenvalue weighted by Crippen LogP contribution is -2.44. The molecular formula is C27H39NO6S2. The molecule has 0 N–H and O–H groups in total. The Kier molecular flexibility index (Phi) is 10.6. The second-order valence-electron chi connectivity index (χ2n) is 10.1. The molecule has 0 radical (unpaired) electrons. The third-order valence-corrected chi connectivity index (χ3v) is 7.86. The fourth-order valence-corrected chi connectivity index (χ4v) is 5.95. The molecular weight excluding hydrogens is 498 g/mol. The van der Waals surface area contributed by atoms with Crippen LogP contribution in [0.4, 0.5) is 15.3 Å². The third-order valence-electron chi connectivity index (χ3n) is 4.40. The molecule has 0 heterocycles. The van der Waals surface area contributed by atoms with Gasteiger partial charge in [0.25, 0.3) is 0 Å². The summed E-state index contributed by atoms with van der Waals surface area (Å²) in [5.41, 5.74) is 0.654. The fourth-order valence-electron chi connectivity index (χ4n) is 2.86. The van der Waals surface area contributed by atoms with E-state index in [4.69, 9.17) is 9.47 Å². The maximum absolute atomic E-state index is 13.0. The molecule has 2 amide bonds. The highest BCUT2D eigenvalue weighted by atomic mass is 33.1. The lowest BCUT2D eigenvalue weighted by molar-refractivity contribution is 0.0430. The van der Waals surface area contributed by atoms with Crippen LogP contribution in [0.2, 0.25) is 0 Å². The van der Waals surface area contributed by atoms with E-state index in [1.807, 2.05) is 20.8 Å². The Morgan fingerprint density at radius 2 is 1.22 bits per heavy atom. The molecule has 0 unspecified atom stereocenters. The number of nitrogens with zero attached hydrogens (tertiary/aromatic N) is 1. The van der Waals surface area contributed by atoms with E-state index in [2.05, 4.69) is 0 Å². The van der Waals surface area contributed by atoms with E-state index >= 15 is 0 Å². The molecule has 0 aromatic heterocycles. The molecule has 0 bridgehead atoms. The minimum Gasteiger partial charge on any atom is -0.443 e. The van der Waals surface area contributed by atoms with Crippen LogP contribution in [0.1, 0.15) is 72.1 Å². The van der Waals surface area contributed by atoms with E-state index < -0.39 is 32.3 Å². The number of rotatable bonds is 4. The van der Waals surface area contributed by atoms with E-state index in [1.54, 1.807) is 91.8 Å². The molecule has 2 aromatic carbocycles. The first kappa shape index (κ1) is 31.5. The van der Waals surface area contributed by atoms with Gasteiger partial charge < -0.3 is 9.47 Å². The summed E-state index contributed by atoms with van der Waals surface area (Å²) in [4.78, 5) is 27.5. The summed E-state index contributed by atoms with van der Waals surface area (Å²) in [6, 6.07) is 9.86. The summed E-state index contributed by atoms with van der Waals surface area (Å²) in [5.74, 6) is 0. The molecule has 36 heavy (non-hydrogen) atoms. The van der Waals surface area contributed by atoms with Gasteiger partial charge in [-0.25, -0.2) is 18.0 Å². The summed E-state index contributed by atoms with van der Waals surface area (Å²) >= 11 is 0. The van der Waals surface area contributed by atoms with Gasteiger partial charge in [-0.3, -0.25) is 0 Å². The molecule has 2 aromatic rings. The van der Waals surface area contributed by atoms with Crippen LogP contribution in [0.5, 0.6) is 0 Å². The number of amides is 2. The molecule has 7 nitrogen and oxygen atoms in total. The van der Waals surface area contributed by atoms with Gasteiger partial charge in [0.15, 0.2) is 0 Å². The van der Waals surface area contributed by atoms with Crippen LogP contribution in [-0.2, 0) is 18.3 Å². The Labute approximate surface area is 219 Å². The normalized spacial score (nSPS) is 11.8. The second-order valence-corrected chi connectivity index (χ2v) is 13.9. The van der Waals surface area contributed by atoms with Gasteiger partial charge in [-0.1, -0.05) is 31.5 Å². The topological polar surface area (TPSA) is 90.0 Å². The Balaban J connectivity index is 0.00000316. The predicted octanol–water partition coefficient (Wildman–Crippen LogP) is 7.80. The van der Waals surface area contributed by atoms with Crippen molar-refractivity contribution in [1.82, 2.24) is 0 Å². The first-order valence-corrected chi connectivity index (χ1v) is 14.6. The van der Waals surface area contributed by atoms with Gasteiger partial charge in [-0.15, -0.1) is 0 Å². The van der Waals surface area contributed by atoms with Crippen molar-refractivity contribution in [1.29, 1.82) is 0 Å². The van der Waals surface area contributed by atoms with Gasteiger partial charge in [0.2, 0.25) is 8.87 Å². The Hall–Kier alpha value is -2.52. The minimum atomic E-state index is -3.66. The molecule has 9 heteroatoms. The lowest BCUT2D eigenvalue weighted by Gasteiger charge is -2.29. The second kappa shape index (κ2) is 12.1. The smallest absolute Gasteiger partial charge is 0.424 e. The molecule has 0 aliphatic heterocycles. The lowest BCUT2D eigenvalue weighted by atomic mass is 10.1. The molecule has 0 fully saturated rings. The molecule has 0 aliphatic carbocycles. The highest BCUT2D eigenvalue weighted by Gasteiger charge is 2.34. The number of benzene rings is 2. The van der Waals surface area contributed by atoms with Crippen LogP contribution in [0.3, 0.4) is 0 Å². The standard InChI is InChI=1S/C25H33NO6S2.C2H6/c1-16-10-12-19(13-11-16)34(29,30)33-21-15-17(2)20(14-18(21)3)26(22(27)31-24(4,5)6)23(28)32-25(7,8)9;1-2/h10-15H,1-9H3;1-2H3. The number of carbonyl (C=O) groups is 2. The van der Waals surface area contributed by atoms with Crippen molar-refractivity contribution in [3.63, 3.8) is 0 Å². The van der Waals surface area contributed by atoms with Gasteiger partial charge in [0.1, 0.15) is 11.2 Å². The number of imide groups is 1. The molecule has 0 saturated carbocycles. The Morgan fingerprint density at radius 3 is 1.64 bits per heavy atom. The van der Waals surface area contributed by atoms with E-state index in [0.29, 0.717) is 16.0 Å². The van der Waals surface area contributed by atoms with Crippen molar-refractivity contribution < 1.29 is 27.5 Å². The maximum atomic E-state index is 13.0. The highest BCUT2D eigenvalue weighted by molar-refractivity contribution is 8.72. The van der Waals surface area contributed by atoms with Crippen molar-refractivity contribution >= 4 is 37.5 Å². The quantitative estimate of drug-likeness (QED) is 0.368. The van der Waals surface area contributed by atoms with Gasteiger partial charge >= 0.3 is 12.2 Å². The average molecular weight is 538 g/mol. The Morgan fingerprint density at radius 1 is 0.778 bits per heavy atom. The zero-order valence-electron chi connectivity index (χ0n) is 23.2. The van der Waals surface area contributed by atoms with Crippen molar-refractivity contribution in [2.75, 3.05) is 4.90 Å². The highest BCUT2D eigenvalue weighted by Crippen LogP contribution is 2.37. The molecule has 0 aliphatic rings. The summed E-state index contributed by atoms with van der Waals surface area (Å²) in [7, 11) is -2.94. The van der Waals surface area contributed by atoms with Crippen LogP contribution in [0.15, 0.2) is 46.2 Å². The Bertz CT molecular complexity index is 1150. The van der Waals surface area contributed by atoms with Crippen LogP contribution in [0.25, 0.3) is 0 Å². The van der Waals surface area contributed by atoms with Crippen LogP contribution in [-0.4, -0.2) is 31.8 Å². The van der Waals surface area contributed by atoms with Crippen molar-refractivity contribution in [2.24, 2.45) is 0 Å². The van der Waals surface area contributed by atoms with Crippen LogP contribution in [0, 0.1) is 20.8 Å². The third kappa shape index (κ3) is 9.17. The largest absolute Gasteiger partial charge is 0.443 e. The van der Waals surface area contributed by atoms with E-state index in [1.165, 1.54) is 0 Å². The predicted molar refractivity (Wildman–Crippen MR) is 146 cm³/mol. The zero-order valence-corrected chi connectivity index (χ0v) is 24.8. The van der Waals surface area contributed by atoms with Gasteiger partial charge in [-0.05, 0) is 97.7 Å². The first-order valence-electron chi connectivity index (χ1n) is 11.8. The van der Waals surface area contributed by atoms with E-state index in [0.717, 1.165) is 21.3 Å². The van der Waals surface area contributed by atoms with E-state index in [-0.39, 0.29) is 10.6 Å². The van der Waals surface area contributed by atoms with Gasteiger partial charge in [0.05, 0.1) is 10.6 Å². The number of aryl methyl sites for hydroxylation is 3. The summed E-state index contributed by atoms with van der Waals surface area (Å²) < 4.78 is 36.8. The zero-order chi connectivity index (χ0) is 28.1. The van der Waals surface area contributed by atoms with Crippen LogP contribution >= 0.6 is 10.8 Å². The molecule has 0 spiro atoms. The number of hydrogen-bond acceptors (Lipinski definition) is 7. The number of hydrogen-bond donors (Lipinski definition) is 0. The number of carbonyl (C=O) groups excluding carboxylic acids is 2. The van der Waals surface area contributed by atoms with Gasteiger partial charge in [0, 0.05) is 15.7 Å². The monoisotopic (exact) mass is 537 g/mol. The summed E-state index contributed by atoms with van der Waals surface area (Å²) in [6.45, 7) is 19.5. The van der Waals surface area contributed by atoms with Crippen molar-refractivity contribution in [2.45, 2.75) is 97.2 Å². The van der Waals surface area contributed by atoms with Crippen LogP contribution < -0.4 is 4.90 Å². The SMILES string of the molecule is CC.Cc1ccc(S(=O)(=O)Sc2cc(C)c(N(C(=O)OC(C)(C)C)C(=O)OC(C)(C)C)cc2C)cc1. The van der Waals surface area contributed by atoms with Gasteiger partial charge in [-0.2, -0.15) is 4.90 Å². The average Bonchev–Trinajstić information content (AvgIpc) is 2.70.